The highest BCUT2D eigenvalue weighted by Gasteiger charge is 2.28. The summed E-state index contributed by atoms with van der Waals surface area (Å²) in [5, 5.41) is 2.77. The van der Waals surface area contributed by atoms with Crippen molar-refractivity contribution in [1.29, 1.82) is 0 Å². The van der Waals surface area contributed by atoms with E-state index in [1.54, 1.807) is 37.3 Å². The van der Waals surface area contributed by atoms with Crippen molar-refractivity contribution >= 4 is 21.6 Å². The third-order valence-electron chi connectivity index (χ3n) is 4.02. The van der Waals surface area contributed by atoms with Crippen molar-refractivity contribution < 1.29 is 17.9 Å². The van der Waals surface area contributed by atoms with E-state index in [0.717, 1.165) is 12.8 Å². The molecule has 0 radical (unpaired) electrons. The molecule has 0 bridgehead atoms. The van der Waals surface area contributed by atoms with Crippen molar-refractivity contribution in [2.45, 2.75) is 30.7 Å². The zero-order valence-corrected chi connectivity index (χ0v) is 14.9. The molecule has 2 aromatic rings. The highest BCUT2D eigenvalue weighted by molar-refractivity contribution is 7.89. The number of carbonyl (C=O) groups is 1. The van der Waals surface area contributed by atoms with Crippen LogP contribution in [0.15, 0.2) is 47.4 Å². The van der Waals surface area contributed by atoms with E-state index in [1.807, 2.05) is 0 Å². The van der Waals surface area contributed by atoms with E-state index in [2.05, 4.69) is 10.0 Å². The van der Waals surface area contributed by atoms with Crippen molar-refractivity contribution in [3.8, 4) is 5.75 Å². The number of para-hydroxylation sites is 2. The van der Waals surface area contributed by atoms with Crippen LogP contribution in [-0.4, -0.2) is 27.5 Å². The second-order valence-electron chi connectivity index (χ2n) is 6.03. The third-order valence-corrected chi connectivity index (χ3v) is 5.54. The van der Waals surface area contributed by atoms with Gasteiger partial charge in [0.1, 0.15) is 5.75 Å². The van der Waals surface area contributed by atoms with Gasteiger partial charge in [0.15, 0.2) is 0 Å². The van der Waals surface area contributed by atoms with Gasteiger partial charge in [-0.05, 0) is 49.6 Å². The number of hydrogen-bond donors (Lipinski definition) is 2. The van der Waals surface area contributed by atoms with Gasteiger partial charge in [-0.15, -0.1) is 0 Å². The molecule has 1 saturated carbocycles. The van der Waals surface area contributed by atoms with Crippen LogP contribution in [0.25, 0.3) is 0 Å². The number of carbonyl (C=O) groups excluding carboxylic acids is 1. The lowest BCUT2D eigenvalue weighted by Gasteiger charge is -2.12. The van der Waals surface area contributed by atoms with E-state index in [-0.39, 0.29) is 16.8 Å². The van der Waals surface area contributed by atoms with Gasteiger partial charge in [-0.3, -0.25) is 4.79 Å². The summed E-state index contributed by atoms with van der Waals surface area (Å²) in [6.45, 7) is 1.77. The average Bonchev–Trinajstić information content (AvgIpc) is 3.38. The van der Waals surface area contributed by atoms with Crippen LogP contribution in [0.2, 0.25) is 0 Å². The number of hydrogen-bond acceptors (Lipinski definition) is 4. The first-order chi connectivity index (χ1) is 11.9. The monoisotopic (exact) mass is 360 g/mol. The van der Waals surface area contributed by atoms with Gasteiger partial charge in [0.25, 0.3) is 5.91 Å². The first-order valence-electron chi connectivity index (χ1n) is 7.98. The maximum absolute atomic E-state index is 12.6. The maximum Gasteiger partial charge on any atom is 0.256 e. The fourth-order valence-corrected chi connectivity index (χ4v) is 3.77. The molecule has 7 heteroatoms. The molecule has 2 N–H and O–H groups in total. The molecule has 1 aliphatic carbocycles. The van der Waals surface area contributed by atoms with Gasteiger partial charge in [-0.25, -0.2) is 13.1 Å². The Kier molecular flexibility index (Phi) is 4.78. The Hall–Kier alpha value is -2.38. The van der Waals surface area contributed by atoms with Crippen molar-refractivity contribution in [2.75, 3.05) is 12.4 Å². The Morgan fingerprint density at radius 3 is 2.56 bits per heavy atom. The quantitative estimate of drug-likeness (QED) is 0.829. The summed E-state index contributed by atoms with van der Waals surface area (Å²) in [6.07, 6.45) is 1.71. The van der Waals surface area contributed by atoms with Crippen LogP contribution in [0.3, 0.4) is 0 Å². The molecule has 0 saturated heterocycles. The molecule has 25 heavy (non-hydrogen) atoms. The molecule has 0 spiro atoms. The number of benzene rings is 2. The van der Waals surface area contributed by atoms with Crippen LogP contribution in [0.4, 0.5) is 5.69 Å². The largest absolute Gasteiger partial charge is 0.495 e. The second-order valence-corrected chi connectivity index (χ2v) is 7.74. The van der Waals surface area contributed by atoms with Gasteiger partial charge in [0.2, 0.25) is 10.0 Å². The molecule has 0 unspecified atom stereocenters. The minimum absolute atomic E-state index is 0.0113. The fourth-order valence-electron chi connectivity index (χ4n) is 2.44. The van der Waals surface area contributed by atoms with Gasteiger partial charge >= 0.3 is 0 Å². The lowest BCUT2D eigenvalue weighted by Crippen LogP contribution is -2.26. The molecule has 2 aromatic carbocycles. The molecular weight excluding hydrogens is 340 g/mol. The van der Waals surface area contributed by atoms with Gasteiger partial charge < -0.3 is 10.1 Å². The number of rotatable bonds is 6. The van der Waals surface area contributed by atoms with E-state index < -0.39 is 10.0 Å². The summed E-state index contributed by atoms with van der Waals surface area (Å²) in [5.41, 5.74) is 1.53. The highest BCUT2D eigenvalue weighted by atomic mass is 32.2. The number of aryl methyl sites for hydroxylation is 1. The lowest BCUT2D eigenvalue weighted by atomic mass is 10.1. The predicted octanol–water partition coefficient (Wildman–Crippen LogP) is 2.70. The van der Waals surface area contributed by atoms with E-state index in [0.29, 0.717) is 22.6 Å². The zero-order valence-electron chi connectivity index (χ0n) is 14.1. The molecule has 132 valence electrons. The van der Waals surface area contributed by atoms with E-state index in [4.69, 9.17) is 4.74 Å². The number of anilines is 1. The first-order valence-corrected chi connectivity index (χ1v) is 9.46. The summed E-state index contributed by atoms with van der Waals surface area (Å²) in [5.74, 6) is 0.151. The standard InChI is InChI=1S/C18H20N2O4S/c1-12-7-10-14(25(22,23)20-13-8-9-13)11-15(12)18(21)19-16-5-3-4-6-17(16)24-2/h3-7,10-11,13,20H,8-9H2,1-2H3,(H,19,21). The number of methoxy groups -OCH3 is 1. The highest BCUT2D eigenvalue weighted by Crippen LogP contribution is 2.26. The minimum atomic E-state index is -3.61. The average molecular weight is 360 g/mol. The number of nitrogens with one attached hydrogen (secondary N) is 2. The molecule has 0 aromatic heterocycles. The third kappa shape index (κ3) is 4.00. The Balaban J connectivity index is 1.88. The SMILES string of the molecule is COc1ccccc1NC(=O)c1cc(S(=O)(=O)NC2CC2)ccc1C. The Bertz CT molecular complexity index is 905. The normalized spacial score (nSPS) is 14.2. The fraction of sp³-hybridized carbons (Fsp3) is 0.278. The van der Waals surface area contributed by atoms with Crippen LogP contribution in [-0.2, 0) is 10.0 Å². The maximum atomic E-state index is 12.6. The summed E-state index contributed by atoms with van der Waals surface area (Å²) in [4.78, 5) is 12.7. The molecule has 0 aliphatic heterocycles. The summed E-state index contributed by atoms with van der Waals surface area (Å²) >= 11 is 0. The van der Waals surface area contributed by atoms with Gasteiger partial charge in [0.05, 0.1) is 17.7 Å². The van der Waals surface area contributed by atoms with Crippen LogP contribution >= 0.6 is 0 Å². The summed E-state index contributed by atoms with van der Waals surface area (Å²) in [7, 11) is -2.09. The molecule has 0 heterocycles. The van der Waals surface area contributed by atoms with Crippen molar-refractivity contribution in [1.82, 2.24) is 4.72 Å². The van der Waals surface area contributed by atoms with E-state index in [9.17, 15) is 13.2 Å². The molecule has 1 fully saturated rings. The second kappa shape index (κ2) is 6.85. The van der Waals surface area contributed by atoms with Crippen LogP contribution in [0.5, 0.6) is 5.75 Å². The van der Waals surface area contributed by atoms with E-state index in [1.165, 1.54) is 19.2 Å². The van der Waals surface area contributed by atoms with Crippen molar-refractivity contribution in [3.05, 3.63) is 53.6 Å². The van der Waals surface area contributed by atoms with Gasteiger partial charge in [-0.1, -0.05) is 18.2 Å². The van der Waals surface area contributed by atoms with Gasteiger partial charge in [-0.2, -0.15) is 0 Å². The molecule has 6 nitrogen and oxygen atoms in total. The van der Waals surface area contributed by atoms with Gasteiger partial charge in [0, 0.05) is 11.6 Å². The van der Waals surface area contributed by atoms with Crippen molar-refractivity contribution in [3.63, 3.8) is 0 Å². The Morgan fingerprint density at radius 1 is 1.16 bits per heavy atom. The molecule has 1 amide bonds. The van der Waals surface area contributed by atoms with Crippen molar-refractivity contribution in [2.24, 2.45) is 0 Å². The molecule has 0 atom stereocenters. The smallest absolute Gasteiger partial charge is 0.256 e. The predicted molar refractivity (Wildman–Crippen MR) is 95.5 cm³/mol. The molecule has 3 rings (SSSR count). The summed E-state index contributed by atoms with van der Waals surface area (Å²) in [6, 6.07) is 11.6. The van der Waals surface area contributed by atoms with E-state index >= 15 is 0 Å². The molecular formula is C18H20N2O4S. The number of sulfonamides is 1. The molecule has 1 aliphatic rings. The lowest BCUT2D eigenvalue weighted by molar-refractivity contribution is 0.102. The number of ether oxygens (including phenoxy) is 1. The Morgan fingerprint density at radius 2 is 1.88 bits per heavy atom. The first kappa shape index (κ1) is 17.4. The van der Waals surface area contributed by atoms with Crippen LogP contribution in [0, 0.1) is 6.92 Å². The topological polar surface area (TPSA) is 84.5 Å². The summed E-state index contributed by atoms with van der Waals surface area (Å²) < 4.78 is 32.6. The Labute approximate surface area is 147 Å². The number of amides is 1. The van der Waals surface area contributed by atoms with Crippen LogP contribution < -0.4 is 14.8 Å². The zero-order chi connectivity index (χ0) is 18.0. The minimum Gasteiger partial charge on any atom is -0.495 e. The van der Waals surface area contributed by atoms with Crippen LogP contribution in [0.1, 0.15) is 28.8 Å².